The predicted molar refractivity (Wildman–Crippen MR) is 65.1 cm³/mol. The van der Waals surface area contributed by atoms with Gasteiger partial charge in [0.2, 0.25) is 5.88 Å². The largest absolute Gasteiger partial charge is 0.452 e. The maximum absolute atomic E-state index is 13.8. The Morgan fingerprint density at radius 1 is 1.32 bits per heavy atom. The zero-order valence-corrected chi connectivity index (χ0v) is 10.1. The van der Waals surface area contributed by atoms with Crippen molar-refractivity contribution in [3.8, 4) is 5.88 Å². The summed E-state index contributed by atoms with van der Waals surface area (Å²) in [7, 11) is 0. The number of hydrogen-bond donors (Lipinski definition) is 1. The number of hydrogen-bond acceptors (Lipinski definition) is 3. The molecule has 2 aliphatic rings. The zero-order valence-electron chi connectivity index (χ0n) is 10.1. The number of benzene rings is 1. The fourth-order valence-electron chi connectivity index (χ4n) is 2.96. The molecule has 1 aromatic carbocycles. The molecule has 1 aromatic heterocycles. The molecule has 2 atom stereocenters. The average Bonchev–Trinajstić information content (AvgIpc) is 2.82. The Morgan fingerprint density at radius 3 is 3.00 bits per heavy atom. The molecule has 0 saturated heterocycles. The Balaban J connectivity index is 2.01. The minimum absolute atomic E-state index is 0.331. The molecule has 3 nitrogen and oxygen atoms in total. The lowest BCUT2D eigenvalue weighted by Gasteiger charge is -2.22. The smallest absolute Gasteiger partial charge is 0.219 e. The lowest BCUT2D eigenvalue weighted by atomic mass is 9.78. The van der Waals surface area contributed by atoms with Crippen molar-refractivity contribution in [1.82, 2.24) is 4.98 Å². The van der Waals surface area contributed by atoms with Gasteiger partial charge in [0, 0.05) is 5.56 Å². The van der Waals surface area contributed by atoms with Gasteiger partial charge < -0.3 is 10.1 Å². The van der Waals surface area contributed by atoms with Crippen LogP contribution in [0, 0.1) is 11.6 Å². The molecule has 0 bridgehead atoms. The first-order valence-electron chi connectivity index (χ1n) is 5.99. The van der Waals surface area contributed by atoms with Gasteiger partial charge >= 0.3 is 0 Å². The van der Waals surface area contributed by atoms with Crippen molar-refractivity contribution in [2.75, 3.05) is 5.32 Å². The number of halogens is 2. The summed E-state index contributed by atoms with van der Waals surface area (Å²) in [5, 5.41) is 3.01. The third-order valence-corrected chi connectivity index (χ3v) is 3.98. The van der Waals surface area contributed by atoms with Crippen molar-refractivity contribution in [3.63, 3.8) is 0 Å². The normalized spacial score (nSPS) is 26.2. The van der Waals surface area contributed by atoms with E-state index in [9.17, 15) is 8.78 Å². The van der Waals surface area contributed by atoms with Crippen LogP contribution in [0.4, 0.5) is 14.5 Å². The van der Waals surface area contributed by atoms with Gasteiger partial charge in [0.1, 0.15) is 11.6 Å². The summed E-state index contributed by atoms with van der Waals surface area (Å²) >= 11 is 0. The summed E-state index contributed by atoms with van der Waals surface area (Å²) in [5.41, 5.74) is 1.21. The highest BCUT2D eigenvalue weighted by Gasteiger charge is 2.53. The third kappa shape index (κ3) is 1.17. The summed E-state index contributed by atoms with van der Waals surface area (Å²) in [5.74, 6) is -0.354. The Bertz CT molecular complexity index is 700. The molecule has 0 unspecified atom stereocenters. The first kappa shape index (κ1) is 10.7. The van der Waals surface area contributed by atoms with Crippen molar-refractivity contribution >= 4 is 5.69 Å². The molecule has 19 heavy (non-hydrogen) atoms. The van der Waals surface area contributed by atoms with Crippen molar-refractivity contribution < 1.29 is 13.5 Å². The van der Waals surface area contributed by atoms with Crippen molar-refractivity contribution in [2.24, 2.45) is 0 Å². The van der Waals surface area contributed by atoms with E-state index in [-0.39, 0.29) is 5.82 Å². The van der Waals surface area contributed by atoms with Crippen LogP contribution in [0.3, 0.4) is 0 Å². The summed E-state index contributed by atoms with van der Waals surface area (Å²) in [4.78, 5) is 3.95. The fraction of sp³-hybridized carbons (Fsp3) is 0.214. The molecule has 5 heteroatoms. The summed E-state index contributed by atoms with van der Waals surface area (Å²) in [6, 6.07) is 6.27. The van der Waals surface area contributed by atoms with Gasteiger partial charge in [0.15, 0.2) is 6.23 Å². The molecular weight excluding hydrogens is 250 g/mol. The van der Waals surface area contributed by atoms with Crippen molar-refractivity contribution in [1.29, 1.82) is 0 Å². The van der Waals surface area contributed by atoms with Gasteiger partial charge in [-0.1, -0.05) is 12.1 Å². The Kier molecular flexibility index (Phi) is 1.82. The minimum Gasteiger partial charge on any atom is -0.452 e. The summed E-state index contributed by atoms with van der Waals surface area (Å²) in [6.45, 7) is 1.91. The second kappa shape index (κ2) is 3.23. The van der Waals surface area contributed by atoms with Crippen LogP contribution < -0.4 is 10.1 Å². The molecule has 0 spiro atoms. The van der Waals surface area contributed by atoms with E-state index in [2.05, 4.69) is 10.3 Å². The number of anilines is 1. The van der Waals surface area contributed by atoms with Gasteiger partial charge in [-0.15, -0.1) is 0 Å². The van der Waals surface area contributed by atoms with E-state index >= 15 is 0 Å². The third-order valence-electron chi connectivity index (χ3n) is 3.98. The minimum atomic E-state index is -0.623. The van der Waals surface area contributed by atoms with Crippen LogP contribution in [0.2, 0.25) is 0 Å². The number of nitrogens with one attached hydrogen (secondary N) is 1. The SMILES string of the molecule is C[C@@]12c3cc(F)cnc3O[C@@H]1Nc1c(F)cccc12. The van der Waals surface area contributed by atoms with E-state index in [1.165, 1.54) is 12.1 Å². The molecule has 0 saturated carbocycles. The number of pyridine rings is 1. The highest BCUT2D eigenvalue weighted by Crippen LogP contribution is 2.53. The van der Waals surface area contributed by atoms with Gasteiger partial charge in [0.25, 0.3) is 0 Å². The second-order valence-corrected chi connectivity index (χ2v) is 5.01. The number of rotatable bonds is 0. The van der Waals surface area contributed by atoms with E-state index in [1.807, 2.05) is 13.0 Å². The summed E-state index contributed by atoms with van der Waals surface area (Å²) in [6.07, 6.45) is 0.666. The number of ether oxygens (including phenoxy) is 1. The van der Waals surface area contributed by atoms with E-state index < -0.39 is 17.5 Å². The van der Waals surface area contributed by atoms with E-state index in [0.717, 1.165) is 11.8 Å². The first-order chi connectivity index (χ1) is 9.10. The standard InChI is InChI=1S/C14H10F2N2O/c1-14-8-3-2-4-10(16)11(8)18-13(14)19-12-9(14)5-7(15)6-17-12/h2-6,13,18H,1H3/t13-,14+/m0/s1. The molecule has 0 amide bonds. The molecule has 0 fully saturated rings. The number of nitrogens with zero attached hydrogens (tertiary/aromatic N) is 1. The van der Waals surface area contributed by atoms with Crippen LogP contribution in [0.1, 0.15) is 18.1 Å². The number of aromatic nitrogens is 1. The highest BCUT2D eigenvalue weighted by molar-refractivity contribution is 5.68. The summed E-state index contributed by atoms with van der Waals surface area (Å²) < 4.78 is 32.9. The Labute approximate surface area is 108 Å². The van der Waals surface area contributed by atoms with Crippen molar-refractivity contribution in [2.45, 2.75) is 18.6 Å². The molecular formula is C14H10F2N2O. The van der Waals surface area contributed by atoms with Crippen LogP contribution in [0.15, 0.2) is 30.5 Å². The number of fused-ring (bicyclic) bond motifs is 5. The molecule has 2 aliphatic heterocycles. The lowest BCUT2D eigenvalue weighted by Crippen LogP contribution is -2.35. The molecule has 4 rings (SSSR count). The van der Waals surface area contributed by atoms with Crippen LogP contribution in [0.5, 0.6) is 5.88 Å². The molecule has 96 valence electrons. The molecule has 0 aliphatic carbocycles. The van der Waals surface area contributed by atoms with Crippen molar-refractivity contribution in [3.05, 3.63) is 53.2 Å². The second-order valence-electron chi connectivity index (χ2n) is 5.01. The van der Waals surface area contributed by atoms with Gasteiger partial charge in [-0.2, -0.15) is 0 Å². The molecule has 1 N–H and O–H groups in total. The van der Waals surface area contributed by atoms with Gasteiger partial charge in [-0.3, -0.25) is 0 Å². The van der Waals surface area contributed by atoms with E-state index in [4.69, 9.17) is 4.74 Å². The maximum atomic E-state index is 13.8. The Hall–Kier alpha value is -2.17. The van der Waals surface area contributed by atoms with Gasteiger partial charge in [-0.25, -0.2) is 13.8 Å². The molecule has 2 aromatic rings. The zero-order chi connectivity index (χ0) is 13.2. The van der Waals surface area contributed by atoms with Gasteiger partial charge in [0.05, 0.1) is 17.3 Å². The number of para-hydroxylation sites is 1. The van der Waals surface area contributed by atoms with Gasteiger partial charge in [-0.05, 0) is 24.6 Å². The predicted octanol–water partition coefficient (Wildman–Crippen LogP) is 2.81. The molecule has 0 radical (unpaired) electrons. The fourth-order valence-corrected chi connectivity index (χ4v) is 2.96. The quantitative estimate of drug-likeness (QED) is 0.791. The molecule has 3 heterocycles. The highest BCUT2D eigenvalue weighted by atomic mass is 19.1. The topological polar surface area (TPSA) is 34.1 Å². The maximum Gasteiger partial charge on any atom is 0.219 e. The van der Waals surface area contributed by atoms with E-state index in [0.29, 0.717) is 17.1 Å². The first-order valence-corrected chi connectivity index (χ1v) is 5.99. The van der Waals surface area contributed by atoms with Crippen LogP contribution in [-0.4, -0.2) is 11.2 Å². The van der Waals surface area contributed by atoms with Crippen LogP contribution in [0.25, 0.3) is 0 Å². The van der Waals surface area contributed by atoms with E-state index in [1.54, 1.807) is 6.07 Å². The average molecular weight is 260 g/mol. The van der Waals surface area contributed by atoms with Crippen LogP contribution in [-0.2, 0) is 5.41 Å². The lowest BCUT2D eigenvalue weighted by molar-refractivity contribution is 0.211. The Morgan fingerprint density at radius 2 is 2.16 bits per heavy atom. The monoisotopic (exact) mass is 260 g/mol. The van der Waals surface area contributed by atoms with Crippen LogP contribution >= 0.6 is 0 Å².